The summed E-state index contributed by atoms with van der Waals surface area (Å²) >= 11 is 0. The zero-order valence-electron chi connectivity index (χ0n) is 10.5. The molecule has 0 atom stereocenters. The standard InChI is InChI=1S/C15H23NO/c16-12-15(7-1-2-8-15)11-14-5-3-4-13(10-14)6-9-17/h3-5,10,17H,1-2,6-9,11-12,16H2. The molecule has 0 radical (unpaired) electrons. The number of benzene rings is 1. The van der Waals surface area contributed by atoms with Gasteiger partial charge in [0.15, 0.2) is 0 Å². The highest BCUT2D eigenvalue weighted by Gasteiger charge is 2.32. The number of hydrogen-bond donors (Lipinski definition) is 2. The van der Waals surface area contributed by atoms with Crippen LogP contribution in [0.1, 0.15) is 36.8 Å². The number of aliphatic hydroxyl groups excluding tert-OH is 1. The molecule has 2 heteroatoms. The van der Waals surface area contributed by atoms with E-state index < -0.39 is 0 Å². The van der Waals surface area contributed by atoms with Crippen molar-refractivity contribution >= 4 is 0 Å². The first-order chi connectivity index (χ1) is 8.28. The van der Waals surface area contributed by atoms with Crippen molar-refractivity contribution in [2.45, 2.75) is 38.5 Å². The lowest BCUT2D eigenvalue weighted by atomic mass is 9.80. The third-order valence-corrected chi connectivity index (χ3v) is 4.07. The van der Waals surface area contributed by atoms with E-state index in [1.807, 2.05) is 0 Å². The zero-order chi connectivity index (χ0) is 12.1. The summed E-state index contributed by atoms with van der Waals surface area (Å²) in [6.07, 6.45) is 7.05. The summed E-state index contributed by atoms with van der Waals surface area (Å²) in [4.78, 5) is 0. The Morgan fingerprint density at radius 3 is 2.53 bits per heavy atom. The largest absolute Gasteiger partial charge is 0.396 e. The second-order valence-corrected chi connectivity index (χ2v) is 5.38. The van der Waals surface area contributed by atoms with Crippen LogP contribution in [0.2, 0.25) is 0 Å². The van der Waals surface area contributed by atoms with Gasteiger partial charge in [0.25, 0.3) is 0 Å². The van der Waals surface area contributed by atoms with Crippen LogP contribution in [-0.4, -0.2) is 18.3 Å². The van der Waals surface area contributed by atoms with Gasteiger partial charge in [-0.25, -0.2) is 0 Å². The molecule has 0 unspecified atom stereocenters. The minimum atomic E-state index is 0.228. The lowest BCUT2D eigenvalue weighted by Gasteiger charge is -2.27. The molecule has 1 aromatic carbocycles. The summed E-state index contributed by atoms with van der Waals surface area (Å²) < 4.78 is 0. The van der Waals surface area contributed by atoms with Gasteiger partial charge in [-0.15, -0.1) is 0 Å². The van der Waals surface area contributed by atoms with E-state index in [0.29, 0.717) is 5.41 Å². The molecular formula is C15H23NO. The maximum absolute atomic E-state index is 8.97. The van der Waals surface area contributed by atoms with Crippen molar-refractivity contribution < 1.29 is 5.11 Å². The molecule has 1 aromatic rings. The van der Waals surface area contributed by atoms with Gasteiger partial charge in [-0.3, -0.25) is 0 Å². The van der Waals surface area contributed by atoms with E-state index >= 15 is 0 Å². The number of aliphatic hydroxyl groups is 1. The van der Waals surface area contributed by atoms with Gasteiger partial charge in [0.2, 0.25) is 0 Å². The maximum atomic E-state index is 8.97. The number of rotatable bonds is 5. The third kappa shape index (κ3) is 3.08. The predicted molar refractivity (Wildman–Crippen MR) is 70.9 cm³/mol. The van der Waals surface area contributed by atoms with Crippen molar-refractivity contribution in [1.29, 1.82) is 0 Å². The first-order valence-corrected chi connectivity index (χ1v) is 6.67. The molecule has 0 aromatic heterocycles. The molecule has 1 aliphatic carbocycles. The van der Waals surface area contributed by atoms with Crippen LogP contribution in [0.3, 0.4) is 0 Å². The molecule has 0 aliphatic heterocycles. The van der Waals surface area contributed by atoms with Gasteiger partial charge in [0.05, 0.1) is 0 Å². The Labute approximate surface area is 104 Å². The van der Waals surface area contributed by atoms with E-state index in [1.54, 1.807) is 0 Å². The quantitative estimate of drug-likeness (QED) is 0.819. The Hall–Kier alpha value is -0.860. The maximum Gasteiger partial charge on any atom is 0.0471 e. The van der Waals surface area contributed by atoms with Crippen molar-refractivity contribution in [2.75, 3.05) is 13.2 Å². The first-order valence-electron chi connectivity index (χ1n) is 6.67. The fourth-order valence-corrected chi connectivity index (χ4v) is 3.04. The molecule has 94 valence electrons. The fourth-order valence-electron chi connectivity index (χ4n) is 3.04. The van der Waals surface area contributed by atoms with Crippen LogP contribution in [0.15, 0.2) is 24.3 Å². The smallest absolute Gasteiger partial charge is 0.0471 e. The molecule has 0 spiro atoms. The summed E-state index contributed by atoms with van der Waals surface area (Å²) in [5.41, 5.74) is 8.93. The van der Waals surface area contributed by atoms with Crippen LogP contribution >= 0.6 is 0 Å². The van der Waals surface area contributed by atoms with Gasteiger partial charge in [0.1, 0.15) is 0 Å². The van der Waals surface area contributed by atoms with Crippen LogP contribution in [-0.2, 0) is 12.8 Å². The lowest BCUT2D eigenvalue weighted by molar-refractivity contribution is 0.299. The Balaban J connectivity index is 2.09. The number of nitrogens with two attached hydrogens (primary N) is 1. The van der Waals surface area contributed by atoms with Crippen LogP contribution in [0.25, 0.3) is 0 Å². The van der Waals surface area contributed by atoms with E-state index in [-0.39, 0.29) is 6.61 Å². The zero-order valence-corrected chi connectivity index (χ0v) is 10.5. The van der Waals surface area contributed by atoms with Gasteiger partial charge >= 0.3 is 0 Å². The molecule has 1 fully saturated rings. The normalized spacial score (nSPS) is 18.5. The van der Waals surface area contributed by atoms with Crippen molar-refractivity contribution in [3.63, 3.8) is 0 Å². The van der Waals surface area contributed by atoms with E-state index in [1.165, 1.54) is 36.8 Å². The summed E-state index contributed by atoms with van der Waals surface area (Å²) in [5, 5.41) is 8.97. The highest BCUT2D eigenvalue weighted by molar-refractivity contribution is 5.25. The second kappa shape index (κ2) is 5.65. The molecule has 0 bridgehead atoms. The topological polar surface area (TPSA) is 46.2 Å². The monoisotopic (exact) mass is 233 g/mol. The molecule has 0 heterocycles. The van der Waals surface area contributed by atoms with E-state index in [0.717, 1.165) is 19.4 Å². The highest BCUT2D eigenvalue weighted by Crippen LogP contribution is 2.40. The average molecular weight is 233 g/mol. The van der Waals surface area contributed by atoms with Gasteiger partial charge in [-0.2, -0.15) is 0 Å². The summed E-state index contributed by atoms with van der Waals surface area (Å²) in [5.74, 6) is 0. The summed E-state index contributed by atoms with van der Waals surface area (Å²) in [7, 11) is 0. The Morgan fingerprint density at radius 2 is 1.88 bits per heavy atom. The van der Waals surface area contributed by atoms with Crippen LogP contribution in [0.4, 0.5) is 0 Å². The van der Waals surface area contributed by atoms with E-state index in [2.05, 4.69) is 24.3 Å². The van der Waals surface area contributed by atoms with Crippen LogP contribution in [0, 0.1) is 5.41 Å². The fraction of sp³-hybridized carbons (Fsp3) is 0.600. The highest BCUT2D eigenvalue weighted by atomic mass is 16.2. The SMILES string of the molecule is NCC1(Cc2cccc(CCO)c2)CCCC1. The van der Waals surface area contributed by atoms with Crippen LogP contribution < -0.4 is 5.73 Å². The molecule has 0 saturated heterocycles. The molecule has 0 amide bonds. The van der Waals surface area contributed by atoms with E-state index in [4.69, 9.17) is 10.8 Å². The van der Waals surface area contributed by atoms with Gasteiger partial charge in [0, 0.05) is 6.61 Å². The molecular weight excluding hydrogens is 210 g/mol. The van der Waals surface area contributed by atoms with Crippen molar-refractivity contribution in [1.82, 2.24) is 0 Å². The van der Waals surface area contributed by atoms with Crippen molar-refractivity contribution in [3.8, 4) is 0 Å². The second-order valence-electron chi connectivity index (χ2n) is 5.38. The molecule has 2 nitrogen and oxygen atoms in total. The Bertz CT molecular complexity index is 356. The lowest BCUT2D eigenvalue weighted by Crippen LogP contribution is -2.29. The van der Waals surface area contributed by atoms with Crippen molar-refractivity contribution in [3.05, 3.63) is 35.4 Å². The molecule has 1 saturated carbocycles. The Morgan fingerprint density at radius 1 is 1.18 bits per heavy atom. The van der Waals surface area contributed by atoms with Crippen LogP contribution in [0.5, 0.6) is 0 Å². The van der Waals surface area contributed by atoms with E-state index in [9.17, 15) is 0 Å². The number of hydrogen-bond acceptors (Lipinski definition) is 2. The summed E-state index contributed by atoms with van der Waals surface area (Å²) in [6, 6.07) is 8.60. The van der Waals surface area contributed by atoms with Gasteiger partial charge in [-0.05, 0) is 48.8 Å². The molecule has 17 heavy (non-hydrogen) atoms. The summed E-state index contributed by atoms with van der Waals surface area (Å²) in [6.45, 7) is 1.03. The minimum Gasteiger partial charge on any atom is -0.396 e. The Kier molecular flexibility index (Phi) is 4.19. The predicted octanol–water partition coefficient (Wildman–Crippen LogP) is 2.28. The first kappa shape index (κ1) is 12.6. The van der Waals surface area contributed by atoms with Gasteiger partial charge in [-0.1, -0.05) is 37.1 Å². The van der Waals surface area contributed by atoms with Crippen molar-refractivity contribution in [2.24, 2.45) is 11.1 Å². The molecule has 2 rings (SSSR count). The molecule has 1 aliphatic rings. The third-order valence-electron chi connectivity index (χ3n) is 4.07. The minimum absolute atomic E-state index is 0.228. The molecule has 3 N–H and O–H groups in total. The van der Waals surface area contributed by atoms with Gasteiger partial charge < -0.3 is 10.8 Å². The average Bonchev–Trinajstić information content (AvgIpc) is 2.79.